The Hall–Kier alpha value is -1.42. The summed E-state index contributed by atoms with van der Waals surface area (Å²) in [4.78, 5) is 20.7. The maximum Gasteiger partial charge on any atom is 0.228 e. The van der Waals surface area contributed by atoms with Crippen LogP contribution in [0.2, 0.25) is 0 Å². The Bertz CT molecular complexity index is 452. The molecular formula is C15H21N3O. The van der Waals surface area contributed by atoms with Crippen molar-refractivity contribution in [1.82, 2.24) is 14.8 Å². The Labute approximate surface area is 114 Å². The fourth-order valence-electron chi connectivity index (χ4n) is 3.35. The lowest BCUT2D eigenvalue weighted by Crippen LogP contribution is -2.43. The van der Waals surface area contributed by atoms with Gasteiger partial charge in [-0.15, -0.1) is 0 Å². The van der Waals surface area contributed by atoms with Crippen LogP contribution in [-0.2, 0) is 11.3 Å². The zero-order valence-corrected chi connectivity index (χ0v) is 11.5. The van der Waals surface area contributed by atoms with Crippen LogP contribution in [0.5, 0.6) is 0 Å². The van der Waals surface area contributed by atoms with E-state index < -0.39 is 0 Å². The van der Waals surface area contributed by atoms with Crippen molar-refractivity contribution < 1.29 is 4.79 Å². The zero-order chi connectivity index (χ0) is 13.3. The Morgan fingerprint density at radius 3 is 2.58 bits per heavy atom. The van der Waals surface area contributed by atoms with E-state index >= 15 is 0 Å². The average molecular weight is 259 g/mol. The summed E-state index contributed by atoms with van der Waals surface area (Å²) in [5.41, 5.74) is 1.22. The monoisotopic (exact) mass is 259 g/mol. The van der Waals surface area contributed by atoms with Gasteiger partial charge in [0.05, 0.1) is 5.41 Å². The highest BCUT2D eigenvalue weighted by atomic mass is 16.2. The SMILES string of the molecule is CN1CCC2(CCN(Cc3cccnc3)CC2)C1=O. The van der Waals surface area contributed by atoms with E-state index in [0.29, 0.717) is 5.91 Å². The lowest BCUT2D eigenvalue weighted by molar-refractivity contribution is -0.137. The number of nitrogens with zero attached hydrogens (tertiary/aromatic N) is 3. The van der Waals surface area contributed by atoms with Crippen LogP contribution in [-0.4, -0.2) is 47.4 Å². The predicted molar refractivity (Wildman–Crippen MR) is 73.4 cm³/mol. The second kappa shape index (κ2) is 4.93. The quantitative estimate of drug-likeness (QED) is 0.808. The fraction of sp³-hybridized carbons (Fsp3) is 0.600. The van der Waals surface area contributed by atoms with Gasteiger partial charge in [0.25, 0.3) is 0 Å². The summed E-state index contributed by atoms with van der Waals surface area (Å²) in [6.07, 6.45) is 6.80. The fourth-order valence-corrected chi connectivity index (χ4v) is 3.35. The topological polar surface area (TPSA) is 36.4 Å². The number of carbonyl (C=O) groups excluding carboxylic acids is 1. The lowest BCUT2D eigenvalue weighted by atomic mass is 9.77. The maximum atomic E-state index is 12.2. The first-order valence-electron chi connectivity index (χ1n) is 7.06. The summed E-state index contributed by atoms with van der Waals surface area (Å²) in [5, 5.41) is 0. The van der Waals surface area contributed by atoms with Gasteiger partial charge < -0.3 is 4.90 Å². The maximum absolute atomic E-state index is 12.2. The highest BCUT2D eigenvalue weighted by Crippen LogP contribution is 2.41. The van der Waals surface area contributed by atoms with Crippen molar-refractivity contribution in [2.24, 2.45) is 5.41 Å². The number of likely N-dealkylation sites (tertiary alicyclic amines) is 2. The van der Waals surface area contributed by atoms with Crippen LogP contribution < -0.4 is 0 Å². The van der Waals surface area contributed by atoms with E-state index in [1.165, 1.54) is 5.56 Å². The molecule has 0 unspecified atom stereocenters. The molecule has 0 atom stereocenters. The molecule has 0 aromatic carbocycles. The van der Waals surface area contributed by atoms with Gasteiger partial charge in [0.15, 0.2) is 0 Å². The first-order chi connectivity index (χ1) is 9.20. The molecule has 2 saturated heterocycles. The molecule has 1 aromatic heterocycles. The summed E-state index contributed by atoms with van der Waals surface area (Å²) in [6, 6.07) is 4.10. The molecule has 0 saturated carbocycles. The average Bonchev–Trinajstić information content (AvgIpc) is 2.72. The third-order valence-corrected chi connectivity index (χ3v) is 4.67. The van der Waals surface area contributed by atoms with E-state index in [2.05, 4.69) is 16.0 Å². The highest BCUT2D eigenvalue weighted by molar-refractivity contribution is 5.84. The minimum Gasteiger partial charge on any atom is -0.345 e. The minimum atomic E-state index is -0.0415. The van der Waals surface area contributed by atoms with E-state index in [0.717, 1.165) is 45.4 Å². The van der Waals surface area contributed by atoms with Crippen LogP contribution in [0, 0.1) is 5.41 Å². The molecule has 102 valence electrons. The zero-order valence-electron chi connectivity index (χ0n) is 11.5. The predicted octanol–water partition coefficient (Wildman–Crippen LogP) is 1.53. The number of aromatic nitrogens is 1. The summed E-state index contributed by atoms with van der Waals surface area (Å²) in [7, 11) is 1.93. The molecule has 2 aliphatic rings. The number of pyridine rings is 1. The number of rotatable bonds is 2. The third-order valence-electron chi connectivity index (χ3n) is 4.67. The van der Waals surface area contributed by atoms with Gasteiger partial charge in [-0.05, 0) is 44.0 Å². The van der Waals surface area contributed by atoms with Crippen molar-refractivity contribution >= 4 is 5.91 Å². The summed E-state index contributed by atoms with van der Waals surface area (Å²) < 4.78 is 0. The molecular weight excluding hydrogens is 238 g/mol. The van der Waals surface area contributed by atoms with E-state index in [1.807, 2.05) is 30.4 Å². The number of piperidine rings is 1. The van der Waals surface area contributed by atoms with Crippen LogP contribution in [0.15, 0.2) is 24.5 Å². The van der Waals surface area contributed by atoms with Crippen molar-refractivity contribution in [2.45, 2.75) is 25.8 Å². The van der Waals surface area contributed by atoms with Crippen LogP contribution >= 0.6 is 0 Å². The van der Waals surface area contributed by atoms with Crippen molar-refractivity contribution in [3.05, 3.63) is 30.1 Å². The molecule has 0 radical (unpaired) electrons. The van der Waals surface area contributed by atoms with Gasteiger partial charge in [-0.3, -0.25) is 14.7 Å². The van der Waals surface area contributed by atoms with Gasteiger partial charge in [-0.2, -0.15) is 0 Å². The molecule has 4 heteroatoms. The normalized spacial score (nSPS) is 23.2. The van der Waals surface area contributed by atoms with E-state index in [9.17, 15) is 4.79 Å². The second-order valence-corrected chi connectivity index (χ2v) is 5.89. The molecule has 3 rings (SSSR count). The van der Waals surface area contributed by atoms with Gasteiger partial charge in [0, 0.05) is 32.5 Å². The Kier molecular flexibility index (Phi) is 3.27. The van der Waals surface area contributed by atoms with Crippen molar-refractivity contribution in [1.29, 1.82) is 0 Å². The molecule has 2 fully saturated rings. The van der Waals surface area contributed by atoms with Crippen LogP contribution in [0.4, 0.5) is 0 Å². The van der Waals surface area contributed by atoms with Gasteiger partial charge in [-0.1, -0.05) is 6.07 Å². The summed E-state index contributed by atoms with van der Waals surface area (Å²) >= 11 is 0. The first-order valence-corrected chi connectivity index (χ1v) is 7.06. The molecule has 0 N–H and O–H groups in total. The van der Waals surface area contributed by atoms with E-state index in [4.69, 9.17) is 0 Å². The Morgan fingerprint density at radius 1 is 1.26 bits per heavy atom. The molecule has 1 spiro atoms. The van der Waals surface area contributed by atoms with Crippen molar-refractivity contribution in [3.63, 3.8) is 0 Å². The first kappa shape index (κ1) is 12.6. The number of hydrogen-bond acceptors (Lipinski definition) is 3. The van der Waals surface area contributed by atoms with Crippen LogP contribution in [0.1, 0.15) is 24.8 Å². The van der Waals surface area contributed by atoms with Gasteiger partial charge >= 0.3 is 0 Å². The molecule has 2 aliphatic heterocycles. The third kappa shape index (κ3) is 2.37. The standard InChI is InChI=1S/C15H21N3O/c1-17-8-4-15(14(17)19)5-9-18(10-6-15)12-13-3-2-7-16-11-13/h2-3,7,11H,4-6,8-10,12H2,1H3. The largest absolute Gasteiger partial charge is 0.345 e. The molecule has 4 nitrogen and oxygen atoms in total. The second-order valence-electron chi connectivity index (χ2n) is 5.89. The summed E-state index contributed by atoms with van der Waals surface area (Å²) in [5.74, 6) is 0.369. The van der Waals surface area contributed by atoms with Crippen LogP contribution in [0.3, 0.4) is 0 Å². The molecule has 3 heterocycles. The van der Waals surface area contributed by atoms with Crippen molar-refractivity contribution in [3.8, 4) is 0 Å². The number of carbonyl (C=O) groups is 1. The smallest absolute Gasteiger partial charge is 0.228 e. The molecule has 19 heavy (non-hydrogen) atoms. The van der Waals surface area contributed by atoms with Crippen molar-refractivity contribution in [2.75, 3.05) is 26.7 Å². The Morgan fingerprint density at radius 2 is 2.00 bits per heavy atom. The summed E-state index contributed by atoms with van der Waals surface area (Å²) in [6.45, 7) is 3.93. The highest BCUT2D eigenvalue weighted by Gasteiger charge is 2.46. The molecule has 1 amide bonds. The Balaban J connectivity index is 1.60. The molecule has 0 bridgehead atoms. The van der Waals surface area contributed by atoms with Gasteiger partial charge in [-0.25, -0.2) is 0 Å². The molecule has 0 aliphatic carbocycles. The number of amides is 1. The van der Waals surface area contributed by atoms with Gasteiger partial charge in [0.1, 0.15) is 0 Å². The van der Waals surface area contributed by atoms with Gasteiger partial charge in [0.2, 0.25) is 5.91 Å². The number of hydrogen-bond donors (Lipinski definition) is 0. The van der Waals surface area contributed by atoms with E-state index in [1.54, 1.807) is 0 Å². The minimum absolute atomic E-state index is 0.0415. The molecule has 1 aromatic rings. The van der Waals surface area contributed by atoms with Crippen LogP contribution in [0.25, 0.3) is 0 Å². The van der Waals surface area contributed by atoms with E-state index in [-0.39, 0.29) is 5.41 Å². The lowest BCUT2D eigenvalue weighted by Gasteiger charge is -2.37.